The van der Waals surface area contributed by atoms with E-state index in [1.807, 2.05) is 0 Å². The maximum atomic E-state index is 6.21. The van der Waals surface area contributed by atoms with Crippen LogP contribution in [0.15, 0.2) is 0 Å². The largest absolute Gasteiger partial charge is 0.377 e. The lowest BCUT2D eigenvalue weighted by molar-refractivity contribution is -0.0522. The molecule has 1 aliphatic heterocycles. The van der Waals surface area contributed by atoms with Crippen LogP contribution in [0, 0.1) is 11.8 Å². The highest BCUT2D eigenvalue weighted by Crippen LogP contribution is 2.40. The minimum absolute atomic E-state index is 0.193. The summed E-state index contributed by atoms with van der Waals surface area (Å²) < 4.78 is 5.91. The Morgan fingerprint density at radius 1 is 1.21 bits per heavy atom. The van der Waals surface area contributed by atoms with Gasteiger partial charge in [0.25, 0.3) is 0 Å². The van der Waals surface area contributed by atoms with Crippen molar-refractivity contribution >= 4 is 0 Å². The van der Waals surface area contributed by atoms with Crippen LogP contribution in [0.25, 0.3) is 0 Å². The molecule has 0 aromatic carbocycles. The second kappa shape index (κ2) is 6.55. The Kier molecular flexibility index (Phi) is 5.27. The molecule has 4 atom stereocenters. The molecular weight excluding hydrogens is 236 g/mol. The Labute approximate surface area is 118 Å². The topological polar surface area (TPSA) is 38.5 Å². The fourth-order valence-electron chi connectivity index (χ4n) is 4.16. The first kappa shape index (κ1) is 15.3. The van der Waals surface area contributed by atoms with Gasteiger partial charge in [0.15, 0.2) is 0 Å². The third kappa shape index (κ3) is 3.14. The highest BCUT2D eigenvalue weighted by Gasteiger charge is 2.43. The fraction of sp³-hybridized carbons (Fsp3) is 1.00. The number of hydrogen-bond acceptors (Lipinski definition) is 3. The molecule has 1 aliphatic carbocycles. The van der Waals surface area contributed by atoms with Gasteiger partial charge in [-0.15, -0.1) is 0 Å². The van der Waals surface area contributed by atoms with Crippen LogP contribution >= 0.6 is 0 Å². The van der Waals surface area contributed by atoms with Crippen LogP contribution in [0.3, 0.4) is 0 Å². The summed E-state index contributed by atoms with van der Waals surface area (Å²) in [5.41, 5.74) is 6.41. The Hall–Kier alpha value is -0.120. The van der Waals surface area contributed by atoms with Crippen molar-refractivity contribution in [2.24, 2.45) is 17.6 Å². The third-order valence-corrected chi connectivity index (χ3v) is 5.84. The Balaban J connectivity index is 2.02. The van der Waals surface area contributed by atoms with Crippen molar-refractivity contribution in [3.05, 3.63) is 0 Å². The minimum Gasteiger partial charge on any atom is -0.377 e. The highest BCUT2D eigenvalue weighted by molar-refractivity contribution is 5.00. The van der Waals surface area contributed by atoms with Gasteiger partial charge in [0.2, 0.25) is 0 Å². The molecule has 0 bridgehead atoms. The molecule has 19 heavy (non-hydrogen) atoms. The lowest BCUT2D eigenvalue weighted by Crippen LogP contribution is -2.61. The monoisotopic (exact) mass is 268 g/mol. The van der Waals surface area contributed by atoms with Crippen LogP contribution in [0.4, 0.5) is 0 Å². The van der Waals surface area contributed by atoms with Gasteiger partial charge in [-0.3, -0.25) is 4.90 Å². The van der Waals surface area contributed by atoms with Crippen molar-refractivity contribution in [3.63, 3.8) is 0 Å². The van der Waals surface area contributed by atoms with E-state index in [2.05, 4.69) is 25.8 Å². The molecule has 1 saturated carbocycles. The van der Waals surface area contributed by atoms with Gasteiger partial charge in [-0.25, -0.2) is 0 Å². The Bertz CT molecular complexity index is 278. The van der Waals surface area contributed by atoms with Gasteiger partial charge in [-0.1, -0.05) is 26.7 Å². The molecule has 2 fully saturated rings. The Morgan fingerprint density at radius 3 is 2.63 bits per heavy atom. The lowest BCUT2D eigenvalue weighted by Gasteiger charge is -2.52. The first-order valence-corrected chi connectivity index (χ1v) is 8.13. The van der Waals surface area contributed by atoms with E-state index in [4.69, 9.17) is 10.5 Å². The second-order valence-corrected chi connectivity index (χ2v) is 6.83. The summed E-state index contributed by atoms with van der Waals surface area (Å²) in [5, 5.41) is 0. The predicted molar refractivity (Wildman–Crippen MR) is 80.2 cm³/mol. The maximum absolute atomic E-state index is 6.21. The van der Waals surface area contributed by atoms with Crippen LogP contribution in [0.1, 0.15) is 52.4 Å². The molecule has 3 nitrogen and oxygen atoms in total. The van der Waals surface area contributed by atoms with Gasteiger partial charge in [-0.2, -0.15) is 0 Å². The van der Waals surface area contributed by atoms with E-state index in [9.17, 15) is 0 Å². The van der Waals surface area contributed by atoms with E-state index in [0.29, 0.717) is 12.0 Å². The summed E-state index contributed by atoms with van der Waals surface area (Å²) in [6, 6.07) is 0. The molecule has 0 radical (unpaired) electrons. The normalized spacial score (nSPS) is 40.6. The van der Waals surface area contributed by atoms with E-state index in [-0.39, 0.29) is 5.54 Å². The van der Waals surface area contributed by atoms with Crippen LogP contribution in [-0.2, 0) is 4.74 Å². The van der Waals surface area contributed by atoms with Gasteiger partial charge in [0, 0.05) is 25.2 Å². The molecule has 0 amide bonds. The zero-order chi connectivity index (χ0) is 13.9. The van der Waals surface area contributed by atoms with Crippen molar-refractivity contribution in [3.8, 4) is 0 Å². The van der Waals surface area contributed by atoms with Crippen LogP contribution in [0.2, 0.25) is 0 Å². The standard InChI is InChI=1S/C16H32N2O/c1-13-7-6-9-16(12-17,14(13)2)18(3)11-15-8-4-5-10-19-15/h13-15H,4-12,17H2,1-3H3. The molecule has 0 aromatic heterocycles. The van der Waals surface area contributed by atoms with E-state index in [0.717, 1.165) is 25.6 Å². The molecule has 112 valence electrons. The molecule has 2 N–H and O–H groups in total. The van der Waals surface area contributed by atoms with Crippen molar-refractivity contribution in [1.82, 2.24) is 4.90 Å². The van der Waals surface area contributed by atoms with E-state index < -0.39 is 0 Å². The van der Waals surface area contributed by atoms with Crippen molar-refractivity contribution in [2.45, 2.75) is 64.0 Å². The van der Waals surface area contributed by atoms with Crippen molar-refractivity contribution < 1.29 is 4.74 Å². The number of likely N-dealkylation sites (N-methyl/N-ethyl adjacent to an activating group) is 1. The summed E-state index contributed by atoms with van der Waals surface area (Å²) >= 11 is 0. The molecule has 0 aromatic rings. The van der Waals surface area contributed by atoms with Crippen LogP contribution in [0.5, 0.6) is 0 Å². The summed E-state index contributed by atoms with van der Waals surface area (Å²) in [6.07, 6.45) is 8.12. The van der Waals surface area contributed by atoms with Gasteiger partial charge in [-0.05, 0) is 44.6 Å². The first-order chi connectivity index (χ1) is 9.10. The third-order valence-electron chi connectivity index (χ3n) is 5.84. The number of nitrogens with two attached hydrogens (primary N) is 1. The molecular formula is C16H32N2O. The average molecular weight is 268 g/mol. The molecule has 2 aliphatic rings. The van der Waals surface area contributed by atoms with Gasteiger partial charge >= 0.3 is 0 Å². The molecule has 1 heterocycles. The number of ether oxygens (including phenoxy) is 1. The fourth-order valence-corrected chi connectivity index (χ4v) is 4.16. The van der Waals surface area contributed by atoms with E-state index >= 15 is 0 Å². The van der Waals surface area contributed by atoms with Crippen molar-refractivity contribution in [1.29, 1.82) is 0 Å². The summed E-state index contributed by atoms with van der Waals surface area (Å²) in [5.74, 6) is 1.46. The maximum Gasteiger partial charge on any atom is 0.0702 e. The van der Waals surface area contributed by atoms with Gasteiger partial charge in [0.05, 0.1) is 6.10 Å². The zero-order valence-electron chi connectivity index (χ0n) is 13.0. The second-order valence-electron chi connectivity index (χ2n) is 6.83. The first-order valence-electron chi connectivity index (χ1n) is 8.13. The zero-order valence-corrected chi connectivity index (χ0v) is 13.0. The lowest BCUT2D eigenvalue weighted by atomic mass is 9.67. The molecule has 2 rings (SSSR count). The summed E-state index contributed by atoms with van der Waals surface area (Å²) in [4.78, 5) is 2.53. The predicted octanol–water partition coefficient (Wildman–Crippen LogP) is 2.64. The highest BCUT2D eigenvalue weighted by atomic mass is 16.5. The van der Waals surface area contributed by atoms with E-state index in [1.54, 1.807) is 0 Å². The quantitative estimate of drug-likeness (QED) is 0.852. The average Bonchev–Trinajstić information content (AvgIpc) is 2.43. The SMILES string of the molecule is CC1CCCC(CN)(N(C)CC2CCCCO2)C1C. The molecule has 1 saturated heterocycles. The number of rotatable bonds is 4. The molecule has 3 heteroatoms. The van der Waals surface area contributed by atoms with Gasteiger partial charge < -0.3 is 10.5 Å². The van der Waals surface area contributed by atoms with Gasteiger partial charge in [0.1, 0.15) is 0 Å². The summed E-state index contributed by atoms with van der Waals surface area (Å²) in [7, 11) is 2.26. The summed E-state index contributed by atoms with van der Waals surface area (Å²) in [6.45, 7) is 7.56. The molecule has 4 unspecified atom stereocenters. The number of hydrogen-bond donors (Lipinski definition) is 1. The Morgan fingerprint density at radius 2 is 2.00 bits per heavy atom. The number of nitrogens with zero attached hydrogens (tertiary/aromatic N) is 1. The minimum atomic E-state index is 0.193. The molecule has 0 spiro atoms. The van der Waals surface area contributed by atoms with Crippen molar-refractivity contribution in [2.75, 3.05) is 26.7 Å². The van der Waals surface area contributed by atoms with Crippen LogP contribution < -0.4 is 5.73 Å². The smallest absolute Gasteiger partial charge is 0.0702 e. The van der Waals surface area contributed by atoms with Crippen LogP contribution in [-0.4, -0.2) is 43.3 Å². The van der Waals surface area contributed by atoms with E-state index in [1.165, 1.54) is 38.5 Å².